The van der Waals surface area contributed by atoms with E-state index in [1.54, 1.807) is 49.7 Å². The second-order valence-corrected chi connectivity index (χ2v) is 4.07. The van der Waals surface area contributed by atoms with E-state index in [1.807, 2.05) is 0 Å². The Morgan fingerprint density at radius 1 is 1.26 bits per heavy atom. The smallest absolute Gasteiger partial charge is 0.251 e. The summed E-state index contributed by atoms with van der Waals surface area (Å²) in [5, 5.41) is 2.73. The van der Waals surface area contributed by atoms with Gasteiger partial charge in [0.25, 0.3) is 5.91 Å². The quantitative estimate of drug-likeness (QED) is 0.856. The van der Waals surface area contributed by atoms with E-state index in [4.69, 9.17) is 0 Å². The Morgan fingerprint density at radius 2 is 2.00 bits per heavy atom. The Kier molecular flexibility index (Phi) is 4.03. The molecule has 0 spiro atoms. The number of nitrogens with zero attached hydrogens (tertiary/aromatic N) is 1. The summed E-state index contributed by atoms with van der Waals surface area (Å²) in [7, 11) is 0. The second kappa shape index (κ2) is 5.91. The van der Waals surface area contributed by atoms with Crippen LogP contribution >= 0.6 is 0 Å². The lowest BCUT2D eigenvalue weighted by Gasteiger charge is -2.04. The minimum absolute atomic E-state index is 0.211. The van der Waals surface area contributed by atoms with Gasteiger partial charge < -0.3 is 5.32 Å². The molecule has 2 aromatic rings. The standard InChI is InChI=1S/C15H13FN2O/c1-11(9-12-4-6-13(16)7-5-12)15(19)18-14-3-2-8-17-10-14/h2-10H,1H3,(H,18,19). The molecule has 0 bridgehead atoms. The molecule has 0 saturated heterocycles. The van der Waals surface area contributed by atoms with Gasteiger partial charge in [-0.15, -0.1) is 0 Å². The van der Waals surface area contributed by atoms with E-state index in [2.05, 4.69) is 10.3 Å². The Labute approximate surface area is 110 Å². The average Bonchev–Trinajstić information content (AvgIpc) is 2.42. The van der Waals surface area contributed by atoms with Crippen LogP contribution in [-0.2, 0) is 4.79 Å². The molecule has 0 fully saturated rings. The van der Waals surface area contributed by atoms with Crippen molar-refractivity contribution in [2.75, 3.05) is 5.32 Å². The van der Waals surface area contributed by atoms with E-state index < -0.39 is 0 Å². The number of amides is 1. The van der Waals surface area contributed by atoms with Crippen molar-refractivity contribution in [2.45, 2.75) is 6.92 Å². The molecule has 2 rings (SSSR count). The molecule has 4 heteroatoms. The fourth-order valence-electron chi connectivity index (χ4n) is 1.54. The van der Waals surface area contributed by atoms with Crippen molar-refractivity contribution in [3.8, 4) is 0 Å². The molecule has 96 valence electrons. The summed E-state index contributed by atoms with van der Waals surface area (Å²) in [6.07, 6.45) is 4.91. The van der Waals surface area contributed by atoms with Crippen LogP contribution in [0.3, 0.4) is 0 Å². The highest BCUT2D eigenvalue weighted by Gasteiger charge is 2.04. The van der Waals surface area contributed by atoms with Gasteiger partial charge in [-0.2, -0.15) is 0 Å². The number of halogens is 1. The first kappa shape index (κ1) is 13.0. The van der Waals surface area contributed by atoms with Gasteiger partial charge in [-0.1, -0.05) is 12.1 Å². The molecule has 0 saturated carbocycles. The van der Waals surface area contributed by atoms with Crippen LogP contribution in [0.4, 0.5) is 10.1 Å². The number of pyridine rings is 1. The topological polar surface area (TPSA) is 42.0 Å². The maximum absolute atomic E-state index is 12.8. The van der Waals surface area contributed by atoms with Gasteiger partial charge in [0.2, 0.25) is 0 Å². The molecule has 0 atom stereocenters. The largest absolute Gasteiger partial charge is 0.321 e. The molecule has 0 radical (unpaired) electrons. The molecule has 1 heterocycles. The number of carbonyl (C=O) groups is 1. The van der Waals surface area contributed by atoms with E-state index in [0.717, 1.165) is 5.56 Å². The van der Waals surface area contributed by atoms with Crippen molar-refractivity contribution in [2.24, 2.45) is 0 Å². The Bertz CT molecular complexity index is 591. The molecule has 19 heavy (non-hydrogen) atoms. The predicted molar refractivity (Wildman–Crippen MR) is 72.9 cm³/mol. The third-order valence-electron chi connectivity index (χ3n) is 2.53. The number of nitrogens with one attached hydrogen (secondary N) is 1. The van der Waals surface area contributed by atoms with Crippen LogP contribution < -0.4 is 5.32 Å². The Morgan fingerprint density at radius 3 is 2.63 bits per heavy atom. The van der Waals surface area contributed by atoms with Crippen LogP contribution in [0.1, 0.15) is 12.5 Å². The molecule has 1 aromatic carbocycles. The molecule has 0 aliphatic carbocycles. The van der Waals surface area contributed by atoms with Crippen molar-refractivity contribution in [1.29, 1.82) is 0 Å². The number of hydrogen-bond donors (Lipinski definition) is 1. The van der Waals surface area contributed by atoms with Crippen molar-refractivity contribution >= 4 is 17.7 Å². The zero-order valence-electron chi connectivity index (χ0n) is 10.4. The van der Waals surface area contributed by atoms with Crippen molar-refractivity contribution in [1.82, 2.24) is 4.98 Å². The predicted octanol–water partition coefficient (Wildman–Crippen LogP) is 3.26. The van der Waals surface area contributed by atoms with Gasteiger partial charge in [-0.25, -0.2) is 4.39 Å². The first-order valence-corrected chi connectivity index (χ1v) is 5.80. The number of anilines is 1. The highest BCUT2D eigenvalue weighted by Crippen LogP contribution is 2.10. The summed E-state index contributed by atoms with van der Waals surface area (Å²) >= 11 is 0. The molecule has 1 aromatic heterocycles. The summed E-state index contributed by atoms with van der Waals surface area (Å²) in [5.74, 6) is -0.507. The Balaban J connectivity index is 2.08. The molecule has 1 amide bonds. The molecule has 0 aliphatic rings. The number of rotatable bonds is 3. The van der Waals surface area contributed by atoms with E-state index in [9.17, 15) is 9.18 Å². The lowest BCUT2D eigenvalue weighted by molar-refractivity contribution is -0.112. The fourth-order valence-corrected chi connectivity index (χ4v) is 1.54. The van der Waals surface area contributed by atoms with Crippen LogP contribution in [0.5, 0.6) is 0 Å². The molecule has 3 nitrogen and oxygen atoms in total. The van der Waals surface area contributed by atoms with Gasteiger partial charge in [0.1, 0.15) is 5.82 Å². The molecular weight excluding hydrogens is 243 g/mol. The van der Waals surface area contributed by atoms with Crippen LogP contribution in [0, 0.1) is 5.82 Å². The highest BCUT2D eigenvalue weighted by molar-refractivity contribution is 6.06. The number of carbonyl (C=O) groups excluding carboxylic acids is 1. The third-order valence-corrected chi connectivity index (χ3v) is 2.53. The van der Waals surface area contributed by atoms with E-state index in [0.29, 0.717) is 11.3 Å². The molecular formula is C15H13FN2O. The van der Waals surface area contributed by atoms with Gasteiger partial charge in [-0.05, 0) is 42.8 Å². The van der Waals surface area contributed by atoms with Crippen LogP contribution in [0.15, 0.2) is 54.4 Å². The minimum atomic E-state index is -0.297. The summed E-state index contributed by atoms with van der Waals surface area (Å²) in [6, 6.07) is 9.47. The van der Waals surface area contributed by atoms with Crippen molar-refractivity contribution < 1.29 is 9.18 Å². The molecule has 0 aliphatic heterocycles. The maximum Gasteiger partial charge on any atom is 0.251 e. The zero-order valence-corrected chi connectivity index (χ0v) is 10.4. The molecule has 0 unspecified atom stereocenters. The highest BCUT2D eigenvalue weighted by atomic mass is 19.1. The third kappa shape index (κ3) is 3.74. The lowest BCUT2D eigenvalue weighted by Crippen LogP contribution is -2.12. The first-order valence-electron chi connectivity index (χ1n) is 5.80. The lowest BCUT2D eigenvalue weighted by atomic mass is 10.1. The van der Waals surface area contributed by atoms with Crippen LogP contribution in [0.2, 0.25) is 0 Å². The van der Waals surface area contributed by atoms with Gasteiger partial charge >= 0.3 is 0 Å². The van der Waals surface area contributed by atoms with Crippen molar-refractivity contribution in [3.05, 3.63) is 65.7 Å². The van der Waals surface area contributed by atoms with E-state index in [-0.39, 0.29) is 11.7 Å². The summed E-state index contributed by atoms with van der Waals surface area (Å²) in [6.45, 7) is 1.70. The van der Waals surface area contributed by atoms with Crippen LogP contribution in [-0.4, -0.2) is 10.9 Å². The minimum Gasteiger partial charge on any atom is -0.321 e. The number of benzene rings is 1. The second-order valence-electron chi connectivity index (χ2n) is 4.07. The van der Waals surface area contributed by atoms with Gasteiger partial charge in [0, 0.05) is 11.8 Å². The SMILES string of the molecule is CC(=Cc1ccc(F)cc1)C(=O)Nc1cccnc1. The van der Waals surface area contributed by atoms with Gasteiger partial charge in [-0.3, -0.25) is 9.78 Å². The normalized spacial score (nSPS) is 11.2. The van der Waals surface area contributed by atoms with Gasteiger partial charge in [0.05, 0.1) is 11.9 Å². The number of hydrogen-bond acceptors (Lipinski definition) is 2. The fraction of sp³-hybridized carbons (Fsp3) is 0.0667. The van der Waals surface area contributed by atoms with Gasteiger partial charge in [0.15, 0.2) is 0 Å². The maximum atomic E-state index is 12.8. The van der Waals surface area contributed by atoms with Crippen molar-refractivity contribution in [3.63, 3.8) is 0 Å². The number of aromatic nitrogens is 1. The zero-order chi connectivity index (χ0) is 13.7. The van der Waals surface area contributed by atoms with E-state index in [1.165, 1.54) is 12.1 Å². The monoisotopic (exact) mass is 256 g/mol. The average molecular weight is 256 g/mol. The summed E-state index contributed by atoms with van der Waals surface area (Å²) in [5.41, 5.74) is 1.95. The van der Waals surface area contributed by atoms with Crippen LogP contribution in [0.25, 0.3) is 6.08 Å². The Hall–Kier alpha value is -2.49. The molecule has 1 N–H and O–H groups in total. The first-order chi connectivity index (χ1) is 9.15. The summed E-state index contributed by atoms with van der Waals surface area (Å²) < 4.78 is 12.8. The van der Waals surface area contributed by atoms with E-state index >= 15 is 0 Å². The summed E-state index contributed by atoms with van der Waals surface area (Å²) in [4.78, 5) is 15.8.